The predicted molar refractivity (Wildman–Crippen MR) is 76.1 cm³/mol. The summed E-state index contributed by atoms with van der Waals surface area (Å²) >= 11 is 1.49. The quantitative estimate of drug-likeness (QED) is 0.887. The van der Waals surface area contributed by atoms with E-state index in [2.05, 4.69) is 10.6 Å². The van der Waals surface area contributed by atoms with Crippen LogP contribution in [0.5, 0.6) is 0 Å². The van der Waals surface area contributed by atoms with E-state index < -0.39 is 0 Å². The van der Waals surface area contributed by atoms with Gasteiger partial charge in [0.2, 0.25) is 11.8 Å². The number of amides is 2. The standard InChI is InChI=1S/C14H13FN2O2S/c15-10-3-5-11(6-4-10)17-14(19)9-16-13(18)8-12-2-1-7-20-12/h1-7H,8-9H2,(H,16,18)(H,17,19). The Kier molecular flexibility index (Phi) is 4.84. The summed E-state index contributed by atoms with van der Waals surface area (Å²) in [7, 11) is 0. The molecule has 104 valence electrons. The zero-order valence-electron chi connectivity index (χ0n) is 10.6. The topological polar surface area (TPSA) is 58.2 Å². The maximum absolute atomic E-state index is 12.7. The smallest absolute Gasteiger partial charge is 0.243 e. The first-order valence-corrected chi connectivity index (χ1v) is 6.86. The number of halogens is 1. The zero-order chi connectivity index (χ0) is 14.4. The molecule has 0 saturated carbocycles. The Balaban J connectivity index is 1.74. The lowest BCUT2D eigenvalue weighted by atomic mass is 10.3. The SMILES string of the molecule is O=C(Cc1cccs1)NCC(=O)Nc1ccc(F)cc1. The fourth-order valence-electron chi connectivity index (χ4n) is 1.55. The van der Waals surface area contributed by atoms with Gasteiger partial charge in [-0.05, 0) is 35.7 Å². The molecule has 0 radical (unpaired) electrons. The molecule has 1 aromatic carbocycles. The molecule has 0 aliphatic rings. The van der Waals surface area contributed by atoms with E-state index in [-0.39, 0.29) is 30.6 Å². The van der Waals surface area contributed by atoms with Gasteiger partial charge in [-0.1, -0.05) is 6.07 Å². The van der Waals surface area contributed by atoms with Gasteiger partial charge in [-0.25, -0.2) is 4.39 Å². The average molecular weight is 292 g/mol. The van der Waals surface area contributed by atoms with Crippen LogP contribution >= 0.6 is 11.3 Å². The molecule has 0 bridgehead atoms. The van der Waals surface area contributed by atoms with E-state index in [1.165, 1.54) is 35.6 Å². The van der Waals surface area contributed by atoms with Gasteiger partial charge in [0.25, 0.3) is 0 Å². The van der Waals surface area contributed by atoms with Crippen molar-refractivity contribution in [3.63, 3.8) is 0 Å². The van der Waals surface area contributed by atoms with Crippen molar-refractivity contribution in [2.75, 3.05) is 11.9 Å². The summed E-state index contributed by atoms with van der Waals surface area (Å²) in [6.45, 7) is -0.110. The minimum absolute atomic E-state index is 0.110. The molecule has 0 fully saturated rings. The third kappa shape index (κ3) is 4.47. The summed E-state index contributed by atoms with van der Waals surface area (Å²) in [5.74, 6) is -0.926. The van der Waals surface area contributed by atoms with E-state index in [1.54, 1.807) is 0 Å². The fraction of sp³-hybridized carbons (Fsp3) is 0.143. The number of rotatable bonds is 5. The molecule has 0 unspecified atom stereocenters. The molecular formula is C14H13FN2O2S. The summed E-state index contributed by atoms with van der Waals surface area (Å²) in [6.07, 6.45) is 0.265. The zero-order valence-corrected chi connectivity index (χ0v) is 11.4. The second kappa shape index (κ2) is 6.81. The first-order valence-electron chi connectivity index (χ1n) is 5.98. The lowest BCUT2D eigenvalue weighted by Gasteiger charge is -2.06. The molecule has 4 nitrogen and oxygen atoms in total. The number of thiophene rings is 1. The Bertz CT molecular complexity index is 582. The van der Waals surface area contributed by atoms with Crippen molar-refractivity contribution in [2.24, 2.45) is 0 Å². The minimum Gasteiger partial charge on any atom is -0.347 e. The molecule has 2 amide bonds. The number of anilines is 1. The first-order chi connectivity index (χ1) is 9.63. The lowest BCUT2D eigenvalue weighted by molar-refractivity contribution is -0.123. The van der Waals surface area contributed by atoms with E-state index in [9.17, 15) is 14.0 Å². The van der Waals surface area contributed by atoms with Gasteiger partial charge >= 0.3 is 0 Å². The molecule has 0 atom stereocenters. The third-order valence-corrected chi connectivity index (χ3v) is 3.37. The van der Waals surface area contributed by atoms with Gasteiger partial charge in [0, 0.05) is 10.6 Å². The van der Waals surface area contributed by atoms with Crippen LogP contribution in [0, 0.1) is 5.82 Å². The molecule has 2 rings (SSSR count). The van der Waals surface area contributed by atoms with Gasteiger partial charge in [0.05, 0.1) is 13.0 Å². The van der Waals surface area contributed by atoms with E-state index in [0.29, 0.717) is 5.69 Å². The maximum atomic E-state index is 12.7. The number of hydrogen-bond donors (Lipinski definition) is 2. The number of carbonyl (C=O) groups excluding carboxylic acids is 2. The van der Waals surface area contributed by atoms with Crippen molar-refractivity contribution < 1.29 is 14.0 Å². The number of carbonyl (C=O) groups is 2. The maximum Gasteiger partial charge on any atom is 0.243 e. The van der Waals surface area contributed by atoms with Crippen molar-refractivity contribution in [1.82, 2.24) is 5.32 Å². The summed E-state index contributed by atoms with van der Waals surface area (Å²) < 4.78 is 12.7. The Hall–Kier alpha value is -2.21. The molecule has 1 aromatic heterocycles. The van der Waals surface area contributed by atoms with Crippen LogP contribution in [-0.2, 0) is 16.0 Å². The molecule has 0 saturated heterocycles. The van der Waals surface area contributed by atoms with Gasteiger partial charge in [-0.2, -0.15) is 0 Å². The second-order valence-electron chi connectivity index (χ2n) is 4.09. The monoisotopic (exact) mass is 292 g/mol. The minimum atomic E-state index is -0.368. The Morgan fingerprint density at radius 2 is 1.85 bits per heavy atom. The molecule has 2 N–H and O–H groups in total. The Morgan fingerprint density at radius 3 is 2.50 bits per heavy atom. The van der Waals surface area contributed by atoms with Crippen molar-refractivity contribution >= 4 is 28.8 Å². The Morgan fingerprint density at radius 1 is 1.10 bits per heavy atom. The first kappa shape index (κ1) is 14.2. The molecule has 0 aliphatic heterocycles. The summed E-state index contributed by atoms with van der Waals surface area (Å²) in [6, 6.07) is 9.16. The Labute approximate surface area is 119 Å². The third-order valence-electron chi connectivity index (χ3n) is 2.49. The van der Waals surface area contributed by atoms with Gasteiger partial charge in [0.1, 0.15) is 5.82 Å². The van der Waals surface area contributed by atoms with Crippen molar-refractivity contribution in [3.8, 4) is 0 Å². The second-order valence-corrected chi connectivity index (χ2v) is 5.12. The molecule has 6 heteroatoms. The average Bonchev–Trinajstić information content (AvgIpc) is 2.92. The van der Waals surface area contributed by atoms with E-state index in [1.807, 2.05) is 17.5 Å². The van der Waals surface area contributed by atoms with Crippen LogP contribution in [-0.4, -0.2) is 18.4 Å². The fourth-order valence-corrected chi connectivity index (χ4v) is 2.25. The van der Waals surface area contributed by atoms with Crippen LogP contribution in [0.15, 0.2) is 41.8 Å². The molecule has 1 heterocycles. The van der Waals surface area contributed by atoms with Crippen LogP contribution in [0.3, 0.4) is 0 Å². The number of hydrogen-bond acceptors (Lipinski definition) is 3. The molecular weight excluding hydrogens is 279 g/mol. The van der Waals surface area contributed by atoms with Crippen LogP contribution < -0.4 is 10.6 Å². The number of benzene rings is 1. The van der Waals surface area contributed by atoms with Crippen LogP contribution in [0.2, 0.25) is 0 Å². The summed E-state index contributed by atoms with van der Waals surface area (Å²) in [4.78, 5) is 24.1. The molecule has 2 aromatic rings. The van der Waals surface area contributed by atoms with E-state index in [0.717, 1.165) is 4.88 Å². The van der Waals surface area contributed by atoms with Crippen LogP contribution in [0.25, 0.3) is 0 Å². The van der Waals surface area contributed by atoms with E-state index >= 15 is 0 Å². The van der Waals surface area contributed by atoms with E-state index in [4.69, 9.17) is 0 Å². The van der Waals surface area contributed by atoms with Crippen molar-refractivity contribution in [2.45, 2.75) is 6.42 Å². The molecule has 0 aliphatic carbocycles. The highest BCUT2D eigenvalue weighted by molar-refractivity contribution is 7.10. The summed E-state index contributed by atoms with van der Waals surface area (Å²) in [5.41, 5.74) is 0.490. The highest BCUT2D eigenvalue weighted by Gasteiger charge is 2.07. The predicted octanol–water partition coefficient (Wildman–Crippen LogP) is 2.18. The molecule has 0 spiro atoms. The number of nitrogens with one attached hydrogen (secondary N) is 2. The highest BCUT2D eigenvalue weighted by Crippen LogP contribution is 2.09. The van der Waals surface area contributed by atoms with Gasteiger partial charge in [0.15, 0.2) is 0 Å². The molecule has 20 heavy (non-hydrogen) atoms. The normalized spacial score (nSPS) is 10.1. The van der Waals surface area contributed by atoms with Gasteiger partial charge < -0.3 is 10.6 Å². The lowest BCUT2D eigenvalue weighted by Crippen LogP contribution is -2.33. The summed E-state index contributed by atoms with van der Waals surface area (Å²) in [5, 5.41) is 6.99. The van der Waals surface area contributed by atoms with Crippen LogP contribution in [0.1, 0.15) is 4.88 Å². The van der Waals surface area contributed by atoms with Gasteiger partial charge in [-0.3, -0.25) is 9.59 Å². The van der Waals surface area contributed by atoms with Crippen molar-refractivity contribution in [3.05, 3.63) is 52.5 Å². The highest BCUT2D eigenvalue weighted by atomic mass is 32.1. The van der Waals surface area contributed by atoms with Crippen LogP contribution in [0.4, 0.5) is 10.1 Å². The van der Waals surface area contributed by atoms with Gasteiger partial charge in [-0.15, -0.1) is 11.3 Å². The largest absolute Gasteiger partial charge is 0.347 e. The van der Waals surface area contributed by atoms with Crippen molar-refractivity contribution in [1.29, 1.82) is 0 Å².